The lowest BCUT2D eigenvalue weighted by atomic mass is 9.98. The highest BCUT2D eigenvalue weighted by molar-refractivity contribution is 5.53. The minimum absolute atomic E-state index is 0.531. The van der Waals surface area contributed by atoms with Gasteiger partial charge in [-0.1, -0.05) is 44.2 Å². The maximum absolute atomic E-state index is 5.99. The third-order valence-electron chi connectivity index (χ3n) is 4.34. The number of benzene rings is 2. The predicted molar refractivity (Wildman–Crippen MR) is 95.0 cm³/mol. The Morgan fingerprint density at radius 3 is 2.59 bits per heavy atom. The molecule has 0 aliphatic heterocycles. The molecule has 22 heavy (non-hydrogen) atoms. The van der Waals surface area contributed by atoms with Gasteiger partial charge in [-0.15, -0.1) is 0 Å². The Labute approximate surface area is 134 Å². The third-order valence-corrected chi connectivity index (χ3v) is 4.34. The van der Waals surface area contributed by atoms with Crippen LogP contribution < -0.4 is 10.1 Å². The molecule has 0 radical (unpaired) electrons. The molecule has 2 nitrogen and oxygen atoms in total. The van der Waals surface area contributed by atoms with Gasteiger partial charge < -0.3 is 10.1 Å². The average molecular weight is 297 g/mol. The van der Waals surface area contributed by atoms with Crippen molar-refractivity contribution < 1.29 is 4.74 Å². The van der Waals surface area contributed by atoms with E-state index >= 15 is 0 Å². The lowest BCUT2D eigenvalue weighted by Gasteiger charge is -2.16. The molecule has 1 N–H and O–H groups in total. The van der Waals surface area contributed by atoms with Crippen molar-refractivity contribution in [1.82, 2.24) is 0 Å². The Kier molecular flexibility index (Phi) is 5.88. The van der Waals surface area contributed by atoms with Crippen molar-refractivity contribution in [3.8, 4) is 5.75 Å². The monoisotopic (exact) mass is 297 g/mol. The summed E-state index contributed by atoms with van der Waals surface area (Å²) in [4.78, 5) is 0. The summed E-state index contributed by atoms with van der Waals surface area (Å²) in [7, 11) is 0. The van der Waals surface area contributed by atoms with E-state index in [9.17, 15) is 0 Å². The molecule has 0 aliphatic carbocycles. The molecule has 0 saturated carbocycles. The fraction of sp³-hybridized carbons (Fsp3) is 0.400. The summed E-state index contributed by atoms with van der Waals surface area (Å²) in [5, 5.41) is 3.46. The standard InChI is InChI=1S/C20H27NO/c1-5-15(2)18-10-6-7-12-20(18)22-14-13-21-19-11-8-9-16(3)17(19)4/h6-12,15,21H,5,13-14H2,1-4H3. The van der Waals surface area contributed by atoms with Crippen molar-refractivity contribution in [2.45, 2.75) is 40.0 Å². The number of ether oxygens (including phenoxy) is 1. The van der Waals surface area contributed by atoms with Gasteiger partial charge in [0.25, 0.3) is 0 Å². The zero-order valence-corrected chi connectivity index (χ0v) is 14.1. The van der Waals surface area contributed by atoms with Crippen molar-refractivity contribution >= 4 is 5.69 Å². The van der Waals surface area contributed by atoms with E-state index < -0.39 is 0 Å². The molecule has 2 aromatic rings. The van der Waals surface area contributed by atoms with Crippen molar-refractivity contribution in [2.24, 2.45) is 0 Å². The van der Waals surface area contributed by atoms with E-state index in [0.717, 1.165) is 18.7 Å². The van der Waals surface area contributed by atoms with Crippen LogP contribution in [-0.2, 0) is 0 Å². The normalized spacial score (nSPS) is 12.0. The largest absolute Gasteiger partial charge is 0.491 e. The number of hydrogen-bond acceptors (Lipinski definition) is 2. The van der Waals surface area contributed by atoms with Crippen LogP contribution in [0.3, 0.4) is 0 Å². The van der Waals surface area contributed by atoms with Crippen LogP contribution in [0.1, 0.15) is 42.9 Å². The second kappa shape index (κ2) is 7.88. The molecular formula is C20H27NO. The first kappa shape index (κ1) is 16.4. The summed E-state index contributed by atoms with van der Waals surface area (Å²) in [5.74, 6) is 1.54. The summed E-state index contributed by atoms with van der Waals surface area (Å²) < 4.78 is 5.99. The van der Waals surface area contributed by atoms with Gasteiger partial charge in [-0.05, 0) is 55.0 Å². The molecular weight excluding hydrogens is 270 g/mol. The second-order valence-electron chi connectivity index (χ2n) is 5.87. The molecule has 0 aliphatic rings. The highest BCUT2D eigenvalue weighted by Gasteiger charge is 2.09. The van der Waals surface area contributed by atoms with Crippen molar-refractivity contribution in [3.63, 3.8) is 0 Å². The summed E-state index contributed by atoms with van der Waals surface area (Å²) in [6.45, 7) is 10.2. The molecule has 0 aromatic heterocycles. The number of anilines is 1. The molecule has 2 heteroatoms. The molecule has 2 aromatic carbocycles. The van der Waals surface area contributed by atoms with E-state index in [1.54, 1.807) is 0 Å². The van der Waals surface area contributed by atoms with Crippen molar-refractivity contribution in [3.05, 3.63) is 59.2 Å². The minimum Gasteiger partial charge on any atom is -0.491 e. The topological polar surface area (TPSA) is 21.3 Å². The first-order valence-corrected chi connectivity index (χ1v) is 8.15. The van der Waals surface area contributed by atoms with Crippen LogP contribution in [0.5, 0.6) is 5.75 Å². The fourth-order valence-electron chi connectivity index (χ4n) is 2.53. The van der Waals surface area contributed by atoms with Crippen molar-refractivity contribution in [1.29, 1.82) is 0 Å². The number of hydrogen-bond donors (Lipinski definition) is 1. The van der Waals surface area contributed by atoms with Crippen LogP contribution in [-0.4, -0.2) is 13.2 Å². The summed E-state index contributed by atoms with van der Waals surface area (Å²) in [6, 6.07) is 14.7. The maximum Gasteiger partial charge on any atom is 0.122 e. The fourth-order valence-corrected chi connectivity index (χ4v) is 2.53. The van der Waals surface area contributed by atoms with E-state index in [1.165, 1.54) is 22.4 Å². The van der Waals surface area contributed by atoms with Gasteiger partial charge in [-0.3, -0.25) is 0 Å². The molecule has 1 atom stereocenters. The molecule has 1 unspecified atom stereocenters. The average Bonchev–Trinajstić information content (AvgIpc) is 2.55. The first-order valence-electron chi connectivity index (χ1n) is 8.15. The van der Waals surface area contributed by atoms with Gasteiger partial charge in [0.15, 0.2) is 0 Å². The Morgan fingerprint density at radius 1 is 1.05 bits per heavy atom. The molecule has 0 spiro atoms. The summed E-state index contributed by atoms with van der Waals surface area (Å²) in [6.07, 6.45) is 1.13. The molecule has 2 rings (SSSR count). The Hall–Kier alpha value is -1.96. The van der Waals surface area contributed by atoms with Gasteiger partial charge in [0.05, 0.1) is 0 Å². The molecule has 0 heterocycles. The van der Waals surface area contributed by atoms with Crippen LogP contribution >= 0.6 is 0 Å². The smallest absolute Gasteiger partial charge is 0.122 e. The maximum atomic E-state index is 5.99. The van der Waals surface area contributed by atoms with Crippen LogP contribution in [0.4, 0.5) is 5.69 Å². The highest BCUT2D eigenvalue weighted by atomic mass is 16.5. The lowest BCUT2D eigenvalue weighted by Crippen LogP contribution is -2.13. The Bertz CT molecular complexity index is 606. The van der Waals surface area contributed by atoms with Gasteiger partial charge in [0.1, 0.15) is 12.4 Å². The Balaban J connectivity index is 1.91. The zero-order valence-electron chi connectivity index (χ0n) is 14.1. The van der Waals surface area contributed by atoms with E-state index in [2.05, 4.69) is 69.4 Å². The number of aryl methyl sites for hydroxylation is 1. The Morgan fingerprint density at radius 2 is 1.82 bits per heavy atom. The number of para-hydroxylation sites is 1. The minimum atomic E-state index is 0.531. The zero-order chi connectivity index (χ0) is 15.9. The quantitative estimate of drug-likeness (QED) is 0.699. The summed E-state index contributed by atoms with van der Waals surface area (Å²) >= 11 is 0. The van der Waals surface area contributed by atoms with Gasteiger partial charge in [0.2, 0.25) is 0 Å². The lowest BCUT2D eigenvalue weighted by molar-refractivity contribution is 0.327. The number of nitrogens with one attached hydrogen (secondary N) is 1. The number of rotatable bonds is 7. The van der Waals surface area contributed by atoms with Crippen LogP contribution in [0.2, 0.25) is 0 Å². The van der Waals surface area contributed by atoms with Crippen LogP contribution in [0.15, 0.2) is 42.5 Å². The molecule has 0 fully saturated rings. The van der Waals surface area contributed by atoms with Gasteiger partial charge in [0, 0.05) is 12.2 Å². The van der Waals surface area contributed by atoms with Crippen molar-refractivity contribution in [2.75, 3.05) is 18.5 Å². The van der Waals surface area contributed by atoms with Gasteiger partial charge in [-0.25, -0.2) is 0 Å². The van der Waals surface area contributed by atoms with E-state index in [-0.39, 0.29) is 0 Å². The molecule has 0 saturated heterocycles. The SMILES string of the molecule is CCC(C)c1ccccc1OCCNc1cccc(C)c1C. The third kappa shape index (κ3) is 4.03. The van der Waals surface area contributed by atoms with Crippen LogP contribution in [0.25, 0.3) is 0 Å². The highest BCUT2D eigenvalue weighted by Crippen LogP contribution is 2.28. The van der Waals surface area contributed by atoms with E-state index in [4.69, 9.17) is 4.74 Å². The molecule has 118 valence electrons. The van der Waals surface area contributed by atoms with E-state index in [1.807, 2.05) is 6.07 Å². The first-order chi connectivity index (χ1) is 10.6. The van der Waals surface area contributed by atoms with Crippen LogP contribution in [0, 0.1) is 13.8 Å². The van der Waals surface area contributed by atoms with E-state index in [0.29, 0.717) is 12.5 Å². The second-order valence-corrected chi connectivity index (χ2v) is 5.87. The van der Waals surface area contributed by atoms with Gasteiger partial charge in [-0.2, -0.15) is 0 Å². The summed E-state index contributed by atoms with van der Waals surface area (Å²) in [5.41, 5.74) is 5.12. The van der Waals surface area contributed by atoms with Gasteiger partial charge >= 0.3 is 0 Å². The molecule has 0 amide bonds. The predicted octanol–water partition coefficient (Wildman–Crippen LogP) is 5.31. The molecule has 0 bridgehead atoms.